The molecule has 0 bridgehead atoms. The smallest absolute Gasteiger partial charge is 0.143 e. The highest BCUT2D eigenvalue weighted by Crippen LogP contribution is 2.52. The Morgan fingerprint density at radius 2 is 2.12 bits per heavy atom. The summed E-state index contributed by atoms with van der Waals surface area (Å²) in [6, 6.07) is 6.91. The van der Waals surface area contributed by atoms with Crippen molar-refractivity contribution in [1.82, 2.24) is 0 Å². The van der Waals surface area contributed by atoms with E-state index in [-0.39, 0.29) is 5.56 Å². The summed E-state index contributed by atoms with van der Waals surface area (Å²) in [7, 11) is 0. The van der Waals surface area contributed by atoms with Crippen LogP contribution in [0.3, 0.4) is 0 Å². The summed E-state index contributed by atoms with van der Waals surface area (Å²) in [6.45, 7) is 1.94. The van der Waals surface area contributed by atoms with E-state index >= 15 is 0 Å². The predicted molar refractivity (Wildman–Crippen MR) is 64.2 cm³/mol. The molecule has 2 aliphatic rings. The maximum absolute atomic E-state index is 13.6. The summed E-state index contributed by atoms with van der Waals surface area (Å²) in [6.07, 6.45) is 5.03. The Labute approximate surface area is 101 Å². The summed E-state index contributed by atoms with van der Waals surface area (Å²) < 4.78 is 13.6. The highest BCUT2D eigenvalue weighted by molar-refractivity contribution is 5.60. The summed E-state index contributed by atoms with van der Waals surface area (Å²) in [4.78, 5) is 2.19. The lowest BCUT2D eigenvalue weighted by molar-refractivity contribution is 0.395. The first-order valence-electron chi connectivity index (χ1n) is 6.18. The van der Waals surface area contributed by atoms with Crippen LogP contribution in [0.2, 0.25) is 0 Å². The Balaban J connectivity index is 1.93. The van der Waals surface area contributed by atoms with Crippen LogP contribution in [0, 0.1) is 22.6 Å². The number of nitrogens with zero attached hydrogens (tertiary/aromatic N) is 2. The molecule has 1 aliphatic heterocycles. The van der Waals surface area contributed by atoms with E-state index in [4.69, 9.17) is 5.26 Å². The predicted octanol–water partition coefficient (Wildman–Crippen LogP) is 3.08. The lowest BCUT2D eigenvalue weighted by Gasteiger charge is -2.35. The molecule has 0 aromatic heterocycles. The summed E-state index contributed by atoms with van der Waals surface area (Å²) in [5.74, 6) is -0.402. The van der Waals surface area contributed by atoms with E-state index < -0.39 is 5.82 Å². The highest BCUT2D eigenvalue weighted by atomic mass is 19.1. The van der Waals surface area contributed by atoms with E-state index in [1.165, 1.54) is 25.3 Å². The Bertz CT molecular complexity index is 485. The Hall–Kier alpha value is -1.56. The van der Waals surface area contributed by atoms with Crippen molar-refractivity contribution in [3.05, 3.63) is 29.6 Å². The van der Waals surface area contributed by atoms with E-state index in [0.717, 1.165) is 25.2 Å². The van der Waals surface area contributed by atoms with Crippen molar-refractivity contribution in [2.24, 2.45) is 5.41 Å². The maximum atomic E-state index is 13.6. The van der Waals surface area contributed by atoms with E-state index in [0.29, 0.717) is 5.41 Å². The number of halogens is 1. The van der Waals surface area contributed by atoms with Gasteiger partial charge in [-0.05, 0) is 43.2 Å². The number of hydrogen-bond donors (Lipinski definition) is 0. The van der Waals surface area contributed by atoms with Crippen molar-refractivity contribution in [3.63, 3.8) is 0 Å². The van der Waals surface area contributed by atoms with Crippen LogP contribution in [0.25, 0.3) is 0 Å². The molecule has 3 heteroatoms. The molecule has 1 saturated carbocycles. The average molecular weight is 230 g/mol. The summed E-state index contributed by atoms with van der Waals surface area (Å²) in [5, 5.41) is 9.06. The van der Waals surface area contributed by atoms with Gasteiger partial charge < -0.3 is 4.90 Å². The zero-order valence-corrected chi connectivity index (χ0v) is 9.75. The molecule has 2 nitrogen and oxygen atoms in total. The minimum atomic E-state index is -0.402. The van der Waals surface area contributed by atoms with Gasteiger partial charge in [-0.2, -0.15) is 5.26 Å². The van der Waals surface area contributed by atoms with Gasteiger partial charge in [-0.1, -0.05) is 6.07 Å². The number of rotatable bonds is 1. The third-order valence-electron chi connectivity index (χ3n) is 4.06. The van der Waals surface area contributed by atoms with Crippen molar-refractivity contribution in [2.45, 2.75) is 25.7 Å². The quantitative estimate of drug-likeness (QED) is 0.741. The standard InChI is InChI=1S/C14H15FN2/c15-12-3-1-4-13(11(12)9-16)17-8-2-5-14(10-17)6-7-14/h1,3-4H,2,5-8,10H2. The molecular formula is C14H15FN2. The number of hydrogen-bond acceptors (Lipinski definition) is 2. The van der Waals surface area contributed by atoms with Gasteiger partial charge in [-0.3, -0.25) is 0 Å². The minimum absolute atomic E-state index is 0.199. The van der Waals surface area contributed by atoms with Gasteiger partial charge in [0.25, 0.3) is 0 Å². The second kappa shape index (κ2) is 3.73. The van der Waals surface area contributed by atoms with E-state index in [1.807, 2.05) is 12.1 Å². The number of nitriles is 1. The minimum Gasteiger partial charge on any atom is -0.370 e. The van der Waals surface area contributed by atoms with E-state index in [9.17, 15) is 4.39 Å². The normalized spacial score (nSPS) is 21.3. The zero-order chi connectivity index (χ0) is 11.9. The second-order valence-corrected chi connectivity index (χ2v) is 5.27. The second-order valence-electron chi connectivity index (χ2n) is 5.27. The summed E-state index contributed by atoms with van der Waals surface area (Å²) >= 11 is 0. The first-order chi connectivity index (χ1) is 8.24. The van der Waals surface area contributed by atoms with Crippen molar-refractivity contribution < 1.29 is 4.39 Å². The fourth-order valence-corrected chi connectivity index (χ4v) is 2.89. The van der Waals surface area contributed by atoms with Crippen molar-refractivity contribution in [3.8, 4) is 6.07 Å². The summed E-state index contributed by atoms with van der Waals surface area (Å²) in [5.41, 5.74) is 1.46. The van der Waals surface area contributed by atoms with Crippen LogP contribution < -0.4 is 4.90 Å². The van der Waals surface area contributed by atoms with Crippen molar-refractivity contribution in [2.75, 3.05) is 18.0 Å². The van der Waals surface area contributed by atoms with Crippen LogP contribution in [0.1, 0.15) is 31.2 Å². The molecule has 0 radical (unpaired) electrons. The lowest BCUT2D eigenvalue weighted by atomic mass is 9.94. The Morgan fingerprint density at radius 3 is 2.82 bits per heavy atom. The molecule has 3 rings (SSSR count). The highest BCUT2D eigenvalue weighted by Gasteiger charge is 2.45. The Morgan fingerprint density at radius 1 is 1.29 bits per heavy atom. The van der Waals surface area contributed by atoms with Gasteiger partial charge in [0.2, 0.25) is 0 Å². The molecule has 1 spiro atoms. The molecule has 0 amide bonds. The van der Waals surface area contributed by atoms with Crippen LogP contribution in [0.5, 0.6) is 0 Å². The monoisotopic (exact) mass is 230 g/mol. The molecule has 1 aliphatic carbocycles. The SMILES string of the molecule is N#Cc1c(F)cccc1N1CCCC2(CC2)C1. The van der Waals surface area contributed by atoms with E-state index in [2.05, 4.69) is 4.90 Å². The van der Waals surface area contributed by atoms with Gasteiger partial charge >= 0.3 is 0 Å². The Kier molecular flexibility index (Phi) is 2.32. The van der Waals surface area contributed by atoms with Gasteiger partial charge in [-0.15, -0.1) is 0 Å². The average Bonchev–Trinajstić information content (AvgIpc) is 3.08. The van der Waals surface area contributed by atoms with Crippen LogP contribution >= 0.6 is 0 Å². The van der Waals surface area contributed by atoms with Gasteiger partial charge in [0.15, 0.2) is 0 Å². The third-order valence-corrected chi connectivity index (χ3v) is 4.06. The molecule has 1 aromatic carbocycles. The molecule has 88 valence electrons. The van der Waals surface area contributed by atoms with Crippen LogP contribution in [-0.4, -0.2) is 13.1 Å². The van der Waals surface area contributed by atoms with E-state index in [1.54, 1.807) is 6.07 Å². The van der Waals surface area contributed by atoms with Gasteiger partial charge in [0, 0.05) is 13.1 Å². The number of piperidine rings is 1. The first kappa shape index (κ1) is 10.6. The largest absolute Gasteiger partial charge is 0.370 e. The van der Waals surface area contributed by atoms with Gasteiger partial charge in [0.1, 0.15) is 17.4 Å². The topological polar surface area (TPSA) is 27.0 Å². The zero-order valence-electron chi connectivity index (χ0n) is 9.75. The van der Waals surface area contributed by atoms with Gasteiger partial charge in [-0.25, -0.2) is 4.39 Å². The van der Waals surface area contributed by atoms with Crippen molar-refractivity contribution in [1.29, 1.82) is 5.26 Å². The fraction of sp³-hybridized carbons (Fsp3) is 0.500. The molecule has 0 N–H and O–H groups in total. The number of anilines is 1. The molecule has 0 unspecified atom stereocenters. The van der Waals surface area contributed by atoms with Crippen LogP contribution in [0.15, 0.2) is 18.2 Å². The first-order valence-corrected chi connectivity index (χ1v) is 6.18. The van der Waals surface area contributed by atoms with Crippen molar-refractivity contribution >= 4 is 5.69 Å². The van der Waals surface area contributed by atoms with Crippen LogP contribution in [0.4, 0.5) is 10.1 Å². The third kappa shape index (κ3) is 1.78. The molecule has 1 aromatic rings. The maximum Gasteiger partial charge on any atom is 0.143 e. The molecule has 1 heterocycles. The van der Waals surface area contributed by atoms with Gasteiger partial charge in [0.05, 0.1) is 5.69 Å². The fourth-order valence-electron chi connectivity index (χ4n) is 2.89. The number of benzene rings is 1. The van der Waals surface area contributed by atoms with Crippen LogP contribution in [-0.2, 0) is 0 Å². The molecular weight excluding hydrogens is 215 g/mol. The molecule has 1 saturated heterocycles. The lowest BCUT2D eigenvalue weighted by Crippen LogP contribution is -2.36. The molecule has 2 fully saturated rings. The molecule has 0 atom stereocenters. The molecule has 17 heavy (non-hydrogen) atoms.